The van der Waals surface area contributed by atoms with E-state index in [2.05, 4.69) is 21.2 Å². The third kappa shape index (κ3) is 3.49. The Balaban J connectivity index is 2.00. The Kier molecular flexibility index (Phi) is 4.62. The molecular weight excluding hydrogens is 322 g/mol. The molecule has 0 aliphatic rings. The molecule has 106 valence electrons. The van der Waals surface area contributed by atoms with Crippen molar-refractivity contribution in [3.8, 4) is 0 Å². The second-order valence-electron chi connectivity index (χ2n) is 4.75. The van der Waals surface area contributed by atoms with Crippen molar-refractivity contribution in [3.05, 3.63) is 57.5 Å². The number of rotatable bonds is 4. The molecule has 0 fully saturated rings. The molecule has 1 aromatic carbocycles. The molecular formula is C15H16BrNO3. The van der Waals surface area contributed by atoms with E-state index >= 15 is 0 Å². The summed E-state index contributed by atoms with van der Waals surface area (Å²) in [6, 6.07) is 7.44. The molecule has 2 N–H and O–H groups in total. The lowest BCUT2D eigenvalue weighted by molar-refractivity contribution is 0.0914. The van der Waals surface area contributed by atoms with E-state index in [9.17, 15) is 9.90 Å². The maximum absolute atomic E-state index is 11.9. The molecule has 0 aliphatic carbocycles. The molecule has 0 aliphatic heterocycles. The van der Waals surface area contributed by atoms with E-state index in [-0.39, 0.29) is 12.5 Å². The van der Waals surface area contributed by atoms with E-state index in [0.717, 1.165) is 16.7 Å². The molecule has 0 bridgehead atoms. The van der Waals surface area contributed by atoms with E-state index in [1.54, 1.807) is 6.07 Å². The molecule has 1 atom stereocenters. The molecule has 4 nitrogen and oxygen atoms in total. The third-order valence-corrected chi connectivity index (χ3v) is 3.56. The summed E-state index contributed by atoms with van der Waals surface area (Å²) in [6.07, 6.45) is 0.697. The number of benzene rings is 1. The van der Waals surface area contributed by atoms with Gasteiger partial charge in [-0.2, -0.15) is 0 Å². The molecule has 0 saturated carbocycles. The van der Waals surface area contributed by atoms with Gasteiger partial charge in [-0.05, 0) is 41.4 Å². The number of carbonyl (C=O) groups excluding carboxylic acids is 1. The summed E-state index contributed by atoms with van der Waals surface area (Å²) >= 11 is 3.15. The Bertz CT molecular complexity index is 601. The summed E-state index contributed by atoms with van der Waals surface area (Å²) in [4.78, 5) is 11.9. The summed E-state index contributed by atoms with van der Waals surface area (Å²) in [5.74, 6) is -0.283. The largest absolute Gasteiger partial charge is 0.457 e. The number of nitrogens with one attached hydrogen (secondary N) is 1. The molecule has 1 amide bonds. The van der Waals surface area contributed by atoms with Crippen LogP contribution in [0.25, 0.3) is 0 Å². The Morgan fingerprint density at radius 1 is 1.35 bits per heavy atom. The predicted molar refractivity (Wildman–Crippen MR) is 79.6 cm³/mol. The summed E-state index contributed by atoms with van der Waals surface area (Å²) < 4.78 is 5.39. The van der Waals surface area contributed by atoms with Gasteiger partial charge in [-0.3, -0.25) is 4.79 Å². The minimum Gasteiger partial charge on any atom is -0.457 e. The Labute approximate surface area is 125 Å². The molecule has 2 aromatic rings. The van der Waals surface area contributed by atoms with Gasteiger partial charge >= 0.3 is 0 Å². The van der Waals surface area contributed by atoms with Crippen LogP contribution in [-0.2, 0) is 0 Å². The lowest BCUT2D eigenvalue weighted by Gasteiger charge is -2.13. The molecule has 2 rings (SSSR count). The summed E-state index contributed by atoms with van der Waals surface area (Å²) in [5.41, 5.74) is 3.39. The second-order valence-corrected chi connectivity index (χ2v) is 5.48. The van der Waals surface area contributed by atoms with Crippen molar-refractivity contribution in [2.75, 3.05) is 6.54 Å². The normalized spacial score (nSPS) is 12.2. The average Bonchev–Trinajstić information content (AvgIpc) is 2.80. The highest BCUT2D eigenvalue weighted by Gasteiger charge is 2.15. The van der Waals surface area contributed by atoms with Crippen molar-refractivity contribution >= 4 is 21.8 Å². The highest BCUT2D eigenvalue weighted by atomic mass is 79.9. The number of aryl methyl sites for hydroxylation is 2. The molecule has 5 heteroatoms. The Hall–Kier alpha value is -1.59. The summed E-state index contributed by atoms with van der Waals surface area (Å²) in [6.45, 7) is 4.11. The predicted octanol–water partition coefficient (Wildman–Crippen LogP) is 3.12. The van der Waals surface area contributed by atoms with Gasteiger partial charge in [-0.25, -0.2) is 0 Å². The maximum atomic E-state index is 11.9. The lowest BCUT2D eigenvalue weighted by Crippen LogP contribution is -2.28. The second kappa shape index (κ2) is 6.24. The van der Waals surface area contributed by atoms with Crippen LogP contribution in [0.5, 0.6) is 0 Å². The van der Waals surface area contributed by atoms with Crippen molar-refractivity contribution < 1.29 is 14.3 Å². The quantitative estimate of drug-likeness (QED) is 0.900. The van der Waals surface area contributed by atoms with Crippen LogP contribution < -0.4 is 5.32 Å². The smallest absolute Gasteiger partial charge is 0.255 e. The number of hydrogen-bond donors (Lipinski definition) is 2. The molecule has 0 saturated heterocycles. The van der Waals surface area contributed by atoms with Gasteiger partial charge in [0.25, 0.3) is 5.91 Å². The standard InChI is InChI=1S/C15H16BrNO3/c1-9-5-10(2)7-11(6-9)13(18)8-17-15(19)12-3-4-20-14(12)16/h3-7,13,18H,8H2,1-2H3,(H,17,19)/t13-/m0/s1. The van der Waals surface area contributed by atoms with Gasteiger partial charge in [-0.15, -0.1) is 0 Å². The minimum absolute atomic E-state index is 0.152. The zero-order valence-corrected chi connectivity index (χ0v) is 12.9. The summed E-state index contributed by atoms with van der Waals surface area (Å²) in [7, 11) is 0. The first-order valence-corrected chi connectivity index (χ1v) is 7.04. The number of furan rings is 1. The Morgan fingerprint density at radius 2 is 2.00 bits per heavy atom. The highest BCUT2D eigenvalue weighted by molar-refractivity contribution is 9.10. The number of hydrogen-bond acceptors (Lipinski definition) is 3. The monoisotopic (exact) mass is 337 g/mol. The number of carbonyl (C=O) groups is 1. The van der Waals surface area contributed by atoms with Crippen molar-refractivity contribution in [1.82, 2.24) is 5.32 Å². The van der Waals surface area contributed by atoms with Crippen molar-refractivity contribution in [1.29, 1.82) is 0 Å². The van der Waals surface area contributed by atoms with Crippen LogP contribution in [0.2, 0.25) is 0 Å². The van der Waals surface area contributed by atoms with Gasteiger partial charge < -0.3 is 14.8 Å². The summed E-state index contributed by atoms with van der Waals surface area (Å²) in [5, 5.41) is 12.8. The first kappa shape index (κ1) is 14.8. The van der Waals surface area contributed by atoms with Crippen molar-refractivity contribution in [2.24, 2.45) is 0 Å². The average molecular weight is 338 g/mol. The van der Waals surface area contributed by atoms with E-state index < -0.39 is 6.10 Å². The number of halogens is 1. The van der Waals surface area contributed by atoms with Gasteiger partial charge in [0.2, 0.25) is 0 Å². The van der Waals surface area contributed by atoms with Gasteiger partial charge in [0, 0.05) is 6.54 Å². The van der Waals surface area contributed by atoms with Crippen LogP contribution in [0.4, 0.5) is 0 Å². The van der Waals surface area contributed by atoms with Crippen molar-refractivity contribution in [3.63, 3.8) is 0 Å². The number of amides is 1. The maximum Gasteiger partial charge on any atom is 0.255 e. The Morgan fingerprint density at radius 3 is 2.55 bits per heavy atom. The third-order valence-electron chi connectivity index (χ3n) is 2.95. The van der Waals surface area contributed by atoms with Crippen LogP contribution in [0.1, 0.15) is 33.2 Å². The first-order chi connectivity index (χ1) is 9.47. The SMILES string of the molecule is Cc1cc(C)cc([C@@H](O)CNC(=O)c2ccoc2Br)c1. The molecule has 0 spiro atoms. The fourth-order valence-electron chi connectivity index (χ4n) is 2.06. The van der Waals surface area contributed by atoms with Crippen molar-refractivity contribution in [2.45, 2.75) is 20.0 Å². The fraction of sp³-hybridized carbons (Fsp3) is 0.267. The topological polar surface area (TPSA) is 62.5 Å². The van der Waals surface area contributed by atoms with Gasteiger partial charge in [0.05, 0.1) is 17.9 Å². The van der Waals surface area contributed by atoms with Crippen LogP contribution in [0.15, 0.2) is 39.6 Å². The van der Waals surface area contributed by atoms with Gasteiger partial charge in [-0.1, -0.05) is 29.3 Å². The first-order valence-electron chi connectivity index (χ1n) is 6.25. The lowest BCUT2D eigenvalue weighted by atomic mass is 10.0. The van der Waals surface area contributed by atoms with Crippen LogP contribution in [-0.4, -0.2) is 17.6 Å². The fourth-order valence-corrected chi connectivity index (χ4v) is 2.48. The van der Waals surface area contributed by atoms with Crippen LogP contribution in [0.3, 0.4) is 0 Å². The number of aliphatic hydroxyl groups is 1. The van der Waals surface area contributed by atoms with E-state index in [4.69, 9.17) is 4.42 Å². The van der Waals surface area contributed by atoms with E-state index in [1.165, 1.54) is 6.26 Å². The highest BCUT2D eigenvalue weighted by Crippen LogP contribution is 2.19. The molecule has 1 aromatic heterocycles. The van der Waals surface area contributed by atoms with E-state index in [1.807, 2.05) is 32.0 Å². The zero-order chi connectivity index (χ0) is 14.7. The zero-order valence-electron chi connectivity index (χ0n) is 11.3. The van der Waals surface area contributed by atoms with Crippen LogP contribution in [0, 0.1) is 13.8 Å². The van der Waals surface area contributed by atoms with Gasteiger partial charge in [0.15, 0.2) is 4.67 Å². The van der Waals surface area contributed by atoms with E-state index in [0.29, 0.717) is 10.2 Å². The number of aliphatic hydroxyl groups excluding tert-OH is 1. The molecule has 1 heterocycles. The molecule has 20 heavy (non-hydrogen) atoms. The molecule has 0 unspecified atom stereocenters. The van der Waals surface area contributed by atoms with Crippen LogP contribution >= 0.6 is 15.9 Å². The van der Waals surface area contributed by atoms with Gasteiger partial charge in [0.1, 0.15) is 0 Å². The molecule has 0 radical (unpaired) electrons. The minimum atomic E-state index is -0.733.